The van der Waals surface area contributed by atoms with Crippen LogP contribution in [-0.2, 0) is 51.0 Å². The number of nitrogens with one attached hydrogen (secondary N) is 8. The third-order valence-electron chi connectivity index (χ3n) is 10.4. The summed E-state index contributed by atoms with van der Waals surface area (Å²) in [5.41, 5.74) is -0.993. The largest absolute Gasteiger partial charge is 0.508 e. The van der Waals surface area contributed by atoms with Crippen LogP contribution in [0.15, 0.2) is 42.5 Å². The Morgan fingerprint density at radius 3 is 1.84 bits per heavy atom. The van der Waals surface area contributed by atoms with Gasteiger partial charge < -0.3 is 71.7 Å². The molecule has 22 heteroatoms. The molecule has 2 aromatic carbocycles. The number of aliphatic hydroxyl groups is 1. The number of rotatable bonds is 17. The second kappa shape index (κ2) is 27.4. The highest BCUT2D eigenvalue weighted by Gasteiger charge is 2.33. The molecule has 0 saturated carbocycles. The van der Waals surface area contributed by atoms with E-state index in [2.05, 4.69) is 42.5 Å². The van der Waals surface area contributed by atoms with Crippen LogP contribution < -0.4 is 42.5 Å². The highest BCUT2D eigenvalue weighted by molar-refractivity contribution is 5.94. The first kappa shape index (κ1) is 61.5. The number of fused-ring (bicyclic) bond motifs is 5. The van der Waals surface area contributed by atoms with Crippen molar-refractivity contribution in [3.8, 4) is 16.9 Å². The van der Waals surface area contributed by atoms with E-state index in [0.717, 1.165) is 0 Å². The molecule has 1 aliphatic heterocycles. The quantitative estimate of drug-likeness (QED) is 0.0771. The van der Waals surface area contributed by atoms with Crippen molar-refractivity contribution in [1.29, 1.82) is 0 Å². The number of unbranched alkanes of at least 4 members (excludes halogenated alkanes) is 1. The van der Waals surface area contributed by atoms with Crippen LogP contribution in [0.2, 0.25) is 0 Å². The molecule has 0 radical (unpaired) electrons. The number of hydrogen-bond acceptors (Lipinski definition) is 14. The number of carbonyl (C=O) groups excluding carboxylic acids is 8. The topological polar surface area (TPSA) is 310 Å². The van der Waals surface area contributed by atoms with Gasteiger partial charge in [-0.3, -0.25) is 19.2 Å². The Morgan fingerprint density at radius 1 is 0.635 bits per heavy atom. The zero-order chi connectivity index (χ0) is 55.6. The lowest BCUT2D eigenvalue weighted by Gasteiger charge is -2.27. The van der Waals surface area contributed by atoms with Gasteiger partial charge in [-0.1, -0.05) is 30.3 Å². The Labute approximate surface area is 434 Å². The maximum Gasteiger partial charge on any atom is 0.408 e. The predicted molar refractivity (Wildman–Crippen MR) is 275 cm³/mol. The molecule has 1 unspecified atom stereocenters. The second-order valence-electron chi connectivity index (χ2n) is 22.1. The number of phenolic OH excluding ortho intramolecular Hbond substituents is 1. The number of benzene rings is 2. The van der Waals surface area contributed by atoms with Crippen LogP contribution in [0.1, 0.15) is 126 Å². The van der Waals surface area contributed by atoms with Gasteiger partial charge in [0.1, 0.15) is 52.3 Å². The summed E-state index contributed by atoms with van der Waals surface area (Å²) >= 11 is 0. The highest BCUT2D eigenvalue weighted by Crippen LogP contribution is 2.28. The fourth-order valence-corrected chi connectivity index (χ4v) is 7.21. The van der Waals surface area contributed by atoms with Crippen LogP contribution >= 0.6 is 0 Å². The van der Waals surface area contributed by atoms with E-state index in [-0.39, 0.29) is 64.0 Å². The number of phenols is 1. The molecule has 22 nitrogen and oxygen atoms in total. The lowest BCUT2D eigenvalue weighted by Crippen LogP contribution is -2.57. The average Bonchev–Trinajstić information content (AvgIpc) is 3.25. The Kier molecular flexibility index (Phi) is 22.8. The predicted octanol–water partition coefficient (Wildman–Crippen LogP) is 4.51. The summed E-state index contributed by atoms with van der Waals surface area (Å²) in [6.45, 7) is 19.8. The summed E-state index contributed by atoms with van der Waals surface area (Å²) in [6.07, 6.45) is -3.76. The van der Waals surface area contributed by atoms with Crippen molar-refractivity contribution in [2.24, 2.45) is 0 Å². The third kappa shape index (κ3) is 24.3. The van der Waals surface area contributed by atoms with Crippen LogP contribution in [0, 0.1) is 0 Å². The van der Waals surface area contributed by atoms with Gasteiger partial charge in [-0.25, -0.2) is 19.2 Å². The molecule has 2 aromatic rings. The molecule has 0 spiro atoms. The number of aliphatic hydroxyl groups excluding tert-OH is 1. The number of ether oxygens (including phenoxy) is 4. The number of amides is 8. The summed E-state index contributed by atoms with van der Waals surface area (Å²) in [5, 5.41) is 42.7. The Bertz CT molecular complexity index is 2260. The standard InChI is InChI=1S/C52H80N8O14/c1-49(2,3)71-45(67)54-24-16-20-37-43(65)58-38(26-31-17-15-18-32(25-31)33-21-22-40(62)34(27-33)28-39(44(66)57-37)60-48(70)74-52(10,11)12)42(64)53-23-14-13-19-36(59-47(69)73-51(7,8)9)41(63)55-29-35(61)30-56-46(68)72-50(4,5)6/h15,17-18,21-22,25,27,35-39,61-62H,13-14,16,19-20,23-24,26,28-30H2,1-12H3,(H,53,64)(H,54,67)(H,55,63)(H,56,68)(H,57,66)(H,58,65)(H,59,69)(H,60,70)/t35?,36-,37-,38-,39-/m0/s1. The molecule has 1 aliphatic rings. The SMILES string of the molecule is CC(C)(C)OC(=O)NCCC[C@@H]1NC(=O)[C@@H](NC(=O)OC(C)(C)C)Cc2cc(ccc2O)-c2cccc(c2)C[C@@H](C(=O)NCCCC[C@H](NC(=O)OC(C)(C)C)C(=O)NCC(O)CNC(=O)OC(C)(C)C)NC1=O. The van der Waals surface area contributed by atoms with E-state index in [9.17, 15) is 48.6 Å². The molecule has 0 aromatic heterocycles. The number of hydrogen-bond donors (Lipinski definition) is 10. The van der Waals surface area contributed by atoms with E-state index in [1.54, 1.807) is 107 Å². The molecule has 0 aliphatic carbocycles. The number of carbonyl (C=O) groups is 8. The van der Waals surface area contributed by atoms with Gasteiger partial charge in [0.25, 0.3) is 0 Å². The van der Waals surface area contributed by atoms with Crippen molar-refractivity contribution in [2.75, 3.05) is 26.2 Å². The lowest BCUT2D eigenvalue weighted by molar-refractivity contribution is -0.132. The zero-order valence-electron chi connectivity index (χ0n) is 45.0. The molecule has 5 atom stereocenters. The van der Waals surface area contributed by atoms with Crippen LogP contribution in [-0.4, -0.2) is 137 Å². The van der Waals surface area contributed by atoms with Gasteiger partial charge in [-0.15, -0.1) is 0 Å². The normalized spacial score (nSPS) is 17.2. The fraction of sp³-hybridized carbons (Fsp3) is 0.615. The first-order valence-electron chi connectivity index (χ1n) is 24.9. The minimum absolute atomic E-state index is 0.00123. The Morgan fingerprint density at radius 2 is 1.20 bits per heavy atom. The number of alkyl carbamates (subject to hydrolysis) is 4. The van der Waals surface area contributed by atoms with Crippen LogP contribution in [0.5, 0.6) is 5.75 Å². The Balaban J connectivity index is 1.87. The van der Waals surface area contributed by atoms with Crippen molar-refractivity contribution in [1.82, 2.24) is 42.5 Å². The second-order valence-corrected chi connectivity index (χ2v) is 22.1. The van der Waals surface area contributed by atoms with E-state index in [1.807, 2.05) is 12.1 Å². The summed E-state index contributed by atoms with van der Waals surface area (Å²) in [4.78, 5) is 107. The molecule has 1 heterocycles. The van der Waals surface area contributed by atoms with Gasteiger partial charge in [-0.05, 0) is 150 Å². The van der Waals surface area contributed by atoms with Crippen molar-refractivity contribution >= 4 is 48.0 Å². The molecule has 412 valence electrons. The molecule has 0 saturated heterocycles. The maximum absolute atomic E-state index is 14.4. The first-order valence-corrected chi connectivity index (χ1v) is 24.9. The minimum Gasteiger partial charge on any atom is -0.508 e. The van der Waals surface area contributed by atoms with Crippen molar-refractivity contribution in [3.63, 3.8) is 0 Å². The van der Waals surface area contributed by atoms with E-state index in [1.165, 1.54) is 6.07 Å². The molecular formula is C52H80N8O14. The van der Waals surface area contributed by atoms with Crippen LogP contribution in [0.25, 0.3) is 11.1 Å². The molecule has 8 amide bonds. The average molecular weight is 1040 g/mol. The summed E-state index contributed by atoms with van der Waals surface area (Å²) in [7, 11) is 0. The molecular weight excluding hydrogens is 961 g/mol. The van der Waals surface area contributed by atoms with E-state index >= 15 is 0 Å². The first-order chi connectivity index (χ1) is 34.3. The molecule has 4 bridgehead atoms. The molecule has 0 fully saturated rings. The molecule has 3 rings (SSSR count). The molecule has 74 heavy (non-hydrogen) atoms. The summed E-state index contributed by atoms with van der Waals surface area (Å²) < 4.78 is 21.3. The van der Waals surface area contributed by atoms with Crippen molar-refractivity contribution in [2.45, 2.75) is 181 Å². The van der Waals surface area contributed by atoms with Gasteiger partial charge in [0.15, 0.2) is 0 Å². The van der Waals surface area contributed by atoms with E-state index in [4.69, 9.17) is 18.9 Å². The van der Waals surface area contributed by atoms with Crippen LogP contribution in [0.4, 0.5) is 19.2 Å². The van der Waals surface area contributed by atoms with Crippen molar-refractivity contribution < 1.29 is 67.5 Å². The minimum atomic E-state index is -1.36. The maximum atomic E-state index is 14.4. The van der Waals surface area contributed by atoms with Gasteiger partial charge in [0.2, 0.25) is 23.6 Å². The number of aromatic hydroxyl groups is 1. The van der Waals surface area contributed by atoms with Gasteiger partial charge in [0.05, 0.1) is 6.10 Å². The van der Waals surface area contributed by atoms with Gasteiger partial charge in [0, 0.05) is 39.0 Å². The van der Waals surface area contributed by atoms with Crippen LogP contribution in [0.3, 0.4) is 0 Å². The monoisotopic (exact) mass is 1040 g/mol. The van der Waals surface area contributed by atoms with Gasteiger partial charge in [-0.2, -0.15) is 0 Å². The van der Waals surface area contributed by atoms with Crippen molar-refractivity contribution in [3.05, 3.63) is 53.6 Å². The van der Waals surface area contributed by atoms with E-state index in [0.29, 0.717) is 35.1 Å². The smallest absolute Gasteiger partial charge is 0.408 e. The zero-order valence-corrected chi connectivity index (χ0v) is 45.0. The third-order valence-corrected chi connectivity index (χ3v) is 10.4. The summed E-state index contributed by atoms with van der Waals surface area (Å²) in [5.74, 6) is -2.88. The Hall–Kier alpha value is -6.84. The highest BCUT2D eigenvalue weighted by atomic mass is 16.6. The fourth-order valence-electron chi connectivity index (χ4n) is 7.21. The van der Waals surface area contributed by atoms with Gasteiger partial charge >= 0.3 is 24.4 Å². The summed E-state index contributed by atoms with van der Waals surface area (Å²) in [6, 6.07) is 7.10. The molecule has 10 N–H and O–H groups in total. The lowest BCUT2D eigenvalue weighted by atomic mass is 9.96. The van der Waals surface area contributed by atoms with E-state index < -0.39 is 101 Å².